The number of hydrogen-bond acceptors (Lipinski definition) is 6. The van der Waals surface area contributed by atoms with Gasteiger partial charge in [-0.2, -0.15) is 0 Å². The van der Waals surface area contributed by atoms with E-state index in [0.29, 0.717) is 26.2 Å². The minimum atomic E-state index is -0.428. The molecule has 2 heterocycles. The number of fused-ring (bicyclic) bond motifs is 1. The average molecular weight is 420 g/mol. The monoisotopic (exact) mass is 419 g/mol. The highest BCUT2D eigenvalue weighted by molar-refractivity contribution is 7.21. The fourth-order valence-corrected chi connectivity index (χ4v) is 4.15. The summed E-state index contributed by atoms with van der Waals surface area (Å²) < 4.78 is 11.4. The Bertz CT molecular complexity index is 1140. The Morgan fingerprint density at radius 3 is 2.67 bits per heavy atom. The lowest BCUT2D eigenvalue weighted by atomic mass is 10.2. The van der Waals surface area contributed by atoms with E-state index in [1.54, 1.807) is 49.6 Å². The van der Waals surface area contributed by atoms with Crippen molar-refractivity contribution < 1.29 is 13.9 Å². The fourth-order valence-electron chi connectivity index (χ4n) is 2.46. The summed E-state index contributed by atoms with van der Waals surface area (Å²) in [6, 6.07) is 12.4. The van der Waals surface area contributed by atoms with Gasteiger partial charge in [-0.05, 0) is 36.4 Å². The van der Waals surface area contributed by atoms with Crippen LogP contribution in [0.5, 0.6) is 5.75 Å². The van der Waals surface area contributed by atoms with Crippen molar-refractivity contribution in [3.05, 3.63) is 57.4 Å². The third-order valence-electron chi connectivity index (χ3n) is 3.78. The largest absolute Gasteiger partial charge is 0.497 e. The molecular weight excluding hydrogens is 409 g/mol. The third-order valence-corrected chi connectivity index (χ3v) is 5.67. The second kappa shape index (κ2) is 7.19. The van der Waals surface area contributed by atoms with Gasteiger partial charge in [0.05, 0.1) is 12.1 Å². The number of benzene rings is 2. The molecule has 0 saturated heterocycles. The van der Waals surface area contributed by atoms with E-state index in [9.17, 15) is 4.79 Å². The summed E-state index contributed by atoms with van der Waals surface area (Å²) >= 11 is 13.6. The molecule has 6 nitrogen and oxygen atoms in total. The van der Waals surface area contributed by atoms with Crippen LogP contribution < -0.4 is 10.1 Å². The van der Waals surface area contributed by atoms with Gasteiger partial charge in [-0.25, -0.2) is 0 Å². The molecule has 0 bridgehead atoms. The van der Waals surface area contributed by atoms with Crippen molar-refractivity contribution in [1.29, 1.82) is 0 Å². The number of methoxy groups -OCH3 is 1. The molecule has 136 valence electrons. The molecule has 0 aliphatic heterocycles. The van der Waals surface area contributed by atoms with Gasteiger partial charge >= 0.3 is 6.01 Å². The first-order valence-electron chi connectivity index (χ1n) is 7.72. The molecule has 0 fully saturated rings. The number of amides is 1. The number of carbonyl (C=O) groups excluding carboxylic acids is 1. The summed E-state index contributed by atoms with van der Waals surface area (Å²) in [6.45, 7) is 0. The lowest BCUT2D eigenvalue weighted by molar-refractivity contribution is 0.102. The minimum Gasteiger partial charge on any atom is -0.497 e. The maximum absolute atomic E-state index is 12.6. The van der Waals surface area contributed by atoms with Crippen LogP contribution in [-0.4, -0.2) is 23.2 Å². The molecule has 2 aromatic carbocycles. The number of aromatic nitrogens is 2. The molecule has 0 aliphatic rings. The van der Waals surface area contributed by atoms with Crippen LogP contribution in [0.1, 0.15) is 9.67 Å². The standard InChI is InChI=1S/C18H11Cl2N3O3S/c1-25-11-5-2-9(3-6-11)17-22-23-18(26-17)21-16(24)15-14(20)12-7-4-10(19)8-13(12)27-15/h2-8H,1H3,(H,21,23,24). The summed E-state index contributed by atoms with van der Waals surface area (Å²) in [5.74, 6) is 0.565. The molecule has 0 atom stereocenters. The van der Waals surface area contributed by atoms with Crippen LogP contribution in [0.4, 0.5) is 6.01 Å². The summed E-state index contributed by atoms with van der Waals surface area (Å²) in [5, 5.41) is 12.1. The highest BCUT2D eigenvalue weighted by Crippen LogP contribution is 2.37. The number of anilines is 1. The van der Waals surface area contributed by atoms with Crippen molar-refractivity contribution in [3.8, 4) is 17.2 Å². The maximum Gasteiger partial charge on any atom is 0.322 e. The molecule has 0 radical (unpaired) electrons. The zero-order chi connectivity index (χ0) is 19.0. The molecule has 0 unspecified atom stereocenters. The number of hydrogen-bond donors (Lipinski definition) is 1. The van der Waals surface area contributed by atoms with Gasteiger partial charge < -0.3 is 9.15 Å². The van der Waals surface area contributed by atoms with E-state index in [0.717, 1.165) is 10.1 Å². The van der Waals surface area contributed by atoms with Gasteiger partial charge in [-0.1, -0.05) is 34.4 Å². The molecular formula is C18H11Cl2N3O3S. The van der Waals surface area contributed by atoms with E-state index < -0.39 is 5.91 Å². The average Bonchev–Trinajstić information content (AvgIpc) is 3.26. The Hall–Kier alpha value is -2.61. The maximum atomic E-state index is 12.6. The molecule has 9 heteroatoms. The Kier molecular flexibility index (Phi) is 4.73. The van der Waals surface area contributed by atoms with E-state index in [1.165, 1.54) is 11.3 Å². The predicted molar refractivity (Wildman–Crippen MR) is 106 cm³/mol. The van der Waals surface area contributed by atoms with Crippen LogP contribution in [0.15, 0.2) is 46.9 Å². The Balaban J connectivity index is 1.56. The van der Waals surface area contributed by atoms with Gasteiger partial charge in [-0.3, -0.25) is 10.1 Å². The quantitative estimate of drug-likeness (QED) is 0.471. The van der Waals surface area contributed by atoms with Crippen LogP contribution in [-0.2, 0) is 0 Å². The fraction of sp³-hybridized carbons (Fsp3) is 0.0556. The van der Waals surface area contributed by atoms with Crippen molar-refractivity contribution in [2.24, 2.45) is 0 Å². The lowest BCUT2D eigenvalue weighted by Gasteiger charge is -2.00. The highest BCUT2D eigenvalue weighted by atomic mass is 35.5. The van der Waals surface area contributed by atoms with Crippen LogP contribution >= 0.6 is 34.5 Å². The van der Waals surface area contributed by atoms with Gasteiger partial charge in [0.15, 0.2) is 0 Å². The molecule has 0 aliphatic carbocycles. The molecule has 4 rings (SSSR count). The highest BCUT2D eigenvalue weighted by Gasteiger charge is 2.20. The Morgan fingerprint density at radius 1 is 1.15 bits per heavy atom. The first-order valence-corrected chi connectivity index (χ1v) is 9.29. The van der Waals surface area contributed by atoms with E-state index in [1.807, 2.05) is 0 Å². The van der Waals surface area contributed by atoms with Crippen LogP contribution in [0.2, 0.25) is 10.0 Å². The molecule has 1 amide bonds. The zero-order valence-corrected chi connectivity index (χ0v) is 16.2. The van der Waals surface area contributed by atoms with Gasteiger partial charge in [0.2, 0.25) is 5.89 Å². The molecule has 27 heavy (non-hydrogen) atoms. The van der Waals surface area contributed by atoms with Crippen molar-refractivity contribution in [2.45, 2.75) is 0 Å². The first-order chi connectivity index (χ1) is 13.0. The predicted octanol–water partition coefficient (Wildman–Crippen LogP) is 5.52. The summed E-state index contributed by atoms with van der Waals surface area (Å²) in [6.07, 6.45) is 0. The van der Waals surface area contributed by atoms with E-state index in [2.05, 4.69) is 15.5 Å². The SMILES string of the molecule is COc1ccc(-c2nnc(NC(=O)c3sc4cc(Cl)ccc4c3Cl)o2)cc1. The van der Waals surface area contributed by atoms with Crippen molar-refractivity contribution in [3.63, 3.8) is 0 Å². The normalized spacial score (nSPS) is 10.9. The number of thiophene rings is 1. The number of carbonyl (C=O) groups is 1. The first kappa shape index (κ1) is 17.8. The summed E-state index contributed by atoms with van der Waals surface area (Å²) in [4.78, 5) is 12.9. The molecule has 0 spiro atoms. The van der Waals surface area contributed by atoms with Crippen LogP contribution in [0.3, 0.4) is 0 Å². The number of ether oxygens (including phenoxy) is 1. The van der Waals surface area contributed by atoms with Crippen molar-refractivity contribution >= 4 is 56.5 Å². The Labute approximate surface area is 167 Å². The molecule has 0 saturated carbocycles. The molecule has 1 N–H and O–H groups in total. The van der Waals surface area contributed by atoms with E-state index in [4.69, 9.17) is 32.4 Å². The van der Waals surface area contributed by atoms with Gasteiger partial charge in [-0.15, -0.1) is 16.4 Å². The Morgan fingerprint density at radius 2 is 1.93 bits per heavy atom. The van der Waals surface area contributed by atoms with Gasteiger partial charge in [0.1, 0.15) is 10.6 Å². The zero-order valence-electron chi connectivity index (χ0n) is 13.8. The number of rotatable bonds is 4. The second-order valence-electron chi connectivity index (χ2n) is 5.48. The molecule has 4 aromatic rings. The van der Waals surface area contributed by atoms with Gasteiger partial charge in [0, 0.05) is 20.7 Å². The van der Waals surface area contributed by atoms with Crippen LogP contribution in [0.25, 0.3) is 21.5 Å². The van der Waals surface area contributed by atoms with E-state index in [-0.39, 0.29) is 11.9 Å². The van der Waals surface area contributed by atoms with Crippen molar-refractivity contribution in [1.82, 2.24) is 10.2 Å². The molecule has 2 aromatic heterocycles. The topological polar surface area (TPSA) is 77.3 Å². The summed E-state index contributed by atoms with van der Waals surface area (Å²) in [7, 11) is 1.59. The van der Waals surface area contributed by atoms with E-state index >= 15 is 0 Å². The second-order valence-corrected chi connectivity index (χ2v) is 7.35. The van der Waals surface area contributed by atoms with Crippen LogP contribution in [0, 0.1) is 0 Å². The number of nitrogens with zero attached hydrogens (tertiary/aromatic N) is 2. The minimum absolute atomic E-state index is 0.0163. The number of halogens is 2. The third kappa shape index (κ3) is 3.49. The van der Waals surface area contributed by atoms with Gasteiger partial charge in [0.25, 0.3) is 5.91 Å². The number of nitrogens with one attached hydrogen (secondary N) is 1. The lowest BCUT2D eigenvalue weighted by Crippen LogP contribution is -2.10. The van der Waals surface area contributed by atoms with Crippen molar-refractivity contribution in [2.75, 3.05) is 12.4 Å². The smallest absolute Gasteiger partial charge is 0.322 e. The summed E-state index contributed by atoms with van der Waals surface area (Å²) in [5.41, 5.74) is 0.707.